The second-order valence-electron chi connectivity index (χ2n) is 9.82. The van der Waals surface area contributed by atoms with Crippen molar-refractivity contribution in [3.8, 4) is 11.8 Å². The van der Waals surface area contributed by atoms with E-state index in [2.05, 4.69) is 62.6 Å². The lowest BCUT2D eigenvalue weighted by Gasteiger charge is -2.23. The van der Waals surface area contributed by atoms with Crippen molar-refractivity contribution in [3.05, 3.63) is 76.2 Å². The zero-order valence-corrected chi connectivity index (χ0v) is 26.2. The maximum absolute atomic E-state index is 13.5. The third kappa shape index (κ3) is 6.42. The summed E-state index contributed by atoms with van der Waals surface area (Å²) < 4.78 is 8.33. The molecule has 2 aromatic carbocycles. The zero-order valence-electron chi connectivity index (χ0n) is 21.1. The van der Waals surface area contributed by atoms with Gasteiger partial charge in [-0.05, 0) is 107 Å². The van der Waals surface area contributed by atoms with Gasteiger partial charge in [-0.25, -0.2) is 4.99 Å². The normalized spacial score (nSPS) is 15.7. The van der Waals surface area contributed by atoms with E-state index in [0.717, 1.165) is 73.1 Å². The SMILES string of the molecule is N#Cc1ccccc1COc1c(I)cc(I)cc1C=Nc1sc2c(c1C(=O)NC1CCCCC1)CCCC2. The van der Waals surface area contributed by atoms with E-state index >= 15 is 0 Å². The summed E-state index contributed by atoms with van der Waals surface area (Å²) in [7, 11) is 0. The van der Waals surface area contributed by atoms with Crippen LogP contribution in [0.4, 0.5) is 5.00 Å². The number of nitrogens with zero attached hydrogens (tertiary/aromatic N) is 2. The van der Waals surface area contributed by atoms with Crippen LogP contribution in [0.1, 0.15) is 82.4 Å². The lowest BCUT2D eigenvalue weighted by Crippen LogP contribution is -2.36. The largest absolute Gasteiger partial charge is 0.487 e. The maximum atomic E-state index is 13.5. The van der Waals surface area contributed by atoms with E-state index in [1.165, 1.54) is 29.7 Å². The number of amides is 1. The maximum Gasteiger partial charge on any atom is 0.254 e. The number of hydrogen-bond acceptors (Lipinski definition) is 5. The smallest absolute Gasteiger partial charge is 0.254 e. The van der Waals surface area contributed by atoms with E-state index < -0.39 is 0 Å². The summed E-state index contributed by atoms with van der Waals surface area (Å²) in [5.74, 6) is 0.766. The van der Waals surface area contributed by atoms with Crippen molar-refractivity contribution in [1.29, 1.82) is 5.26 Å². The standard InChI is InChI=1S/C30H29I2N3O2S/c31-22-14-21(28(25(32)15-22)37-18-20-9-5-4-8-19(20)16-33)17-34-30-27(24-12-6-7-13-26(24)38-30)29(36)35-23-10-2-1-3-11-23/h4-5,8-9,14-15,17,23H,1-3,6-7,10-13,18H2,(H,35,36). The molecule has 38 heavy (non-hydrogen) atoms. The van der Waals surface area contributed by atoms with Crippen molar-refractivity contribution in [2.24, 2.45) is 4.99 Å². The van der Waals surface area contributed by atoms with E-state index in [1.54, 1.807) is 17.4 Å². The van der Waals surface area contributed by atoms with Crippen molar-refractivity contribution in [2.75, 3.05) is 0 Å². The summed E-state index contributed by atoms with van der Waals surface area (Å²) in [5.41, 5.74) is 4.29. The van der Waals surface area contributed by atoms with Crippen molar-refractivity contribution in [3.63, 3.8) is 0 Å². The van der Waals surface area contributed by atoms with Crippen molar-refractivity contribution in [2.45, 2.75) is 70.4 Å². The first-order valence-corrected chi connectivity index (χ1v) is 16.1. The second-order valence-corrected chi connectivity index (χ2v) is 13.3. The van der Waals surface area contributed by atoms with Gasteiger partial charge in [0, 0.05) is 31.8 Å². The molecule has 3 aromatic rings. The van der Waals surface area contributed by atoms with E-state index in [4.69, 9.17) is 9.73 Å². The Kier molecular flexibility index (Phi) is 9.38. The van der Waals surface area contributed by atoms with Gasteiger partial charge in [0.15, 0.2) is 0 Å². The summed E-state index contributed by atoms with van der Waals surface area (Å²) in [6.45, 7) is 0.295. The van der Waals surface area contributed by atoms with Gasteiger partial charge in [0.05, 0.1) is 20.8 Å². The molecule has 2 aliphatic carbocycles. The topological polar surface area (TPSA) is 74.5 Å². The van der Waals surface area contributed by atoms with Crippen LogP contribution < -0.4 is 10.1 Å². The third-order valence-electron chi connectivity index (χ3n) is 7.19. The van der Waals surface area contributed by atoms with Crippen LogP contribution in [0.2, 0.25) is 0 Å². The number of nitriles is 1. The van der Waals surface area contributed by atoms with Crippen molar-refractivity contribution >= 4 is 73.6 Å². The fourth-order valence-corrected chi connectivity index (χ4v) is 8.52. The average molecular weight is 749 g/mol. The Labute approximate surface area is 255 Å². The highest BCUT2D eigenvalue weighted by Gasteiger charge is 2.27. The molecule has 1 fully saturated rings. The molecule has 5 nitrogen and oxygen atoms in total. The molecule has 8 heteroatoms. The molecule has 0 spiro atoms. The van der Waals surface area contributed by atoms with E-state index in [9.17, 15) is 10.1 Å². The number of fused-ring (bicyclic) bond motifs is 1. The first-order chi connectivity index (χ1) is 18.5. The summed E-state index contributed by atoms with van der Waals surface area (Å²) in [6.07, 6.45) is 11.8. The molecule has 0 saturated heterocycles. The van der Waals surface area contributed by atoms with Gasteiger partial charge in [-0.1, -0.05) is 37.5 Å². The first-order valence-electron chi connectivity index (χ1n) is 13.1. The highest BCUT2D eigenvalue weighted by Crippen LogP contribution is 2.40. The quantitative estimate of drug-likeness (QED) is 0.196. The molecule has 0 radical (unpaired) electrons. The number of ether oxygens (including phenoxy) is 1. The van der Waals surface area contributed by atoms with Crippen LogP contribution in [0, 0.1) is 18.5 Å². The molecule has 1 heterocycles. The lowest BCUT2D eigenvalue weighted by molar-refractivity contribution is 0.0927. The number of nitrogens with one attached hydrogen (secondary N) is 1. The molecule has 2 aliphatic rings. The molecule has 1 amide bonds. The number of aliphatic imine (C=N–C) groups is 1. The fraction of sp³-hybridized carbons (Fsp3) is 0.367. The van der Waals surface area contributed by atoms with Crippen molar-refractivity contribution < 1.29 is 9.53 Å². The molecule has 1 saturated carbocycles. The van der Waals surface area contributed by atoms with Gasteiger partial charge in [-0.3, -0.25) is 4.79 Å². The van der Waals surface area contributed by atoms with Crippen LogP contribution >= 0.6 is 56.5 Å². The number of benzene rings is 2. The zero-order chi connectivity index (χ0) is 26.5. The minimum atomic E-state index is 0.0326. The molecule has 1 aromatic heterocycles. The van der Waals surface area contributed by atoms with Crippen LogP contribution in [0.15, 0.2) is 41.4 Å². The Morgan fingerprint density at radius 3 is 2.74 bits per heavy atom. The second kappa shape index (κ2) is 12.9. The summed E-state index contributed by atoms with van der Waals surface area (Å²) >= 11 is 6.25. The highest BCUT2D eigenvalue weighted by atomic mass is 127. The monoisotopic (exact) mass is 749 g/mol. The summed E-state index contributed by atoms with van der Waals surface area (Å²) in [6, 6.07) is 14.1. The van der Waals surface area contributed by atoms with Crippen LogP contribution in [0.3, 0.4) is 0 Å². The van der Waals surface area contributed by atoms with Gasteiger partial charge >= 0.3 is 0 Å². The Hall–Kier alpha value is -1.97. The van der Waals surface area contributed by atoms with Gasteiger partial charge in [-0.15, -0.1) is 11.3 Å². The number of carbonyl (C=O) groups excluding carboxylic acids is 1. The Morgan fingerprint density at radius 2 is 1.92 bits per heavy atom. The highest BCUT2D eigenvalue weighted by molar-refractivity contribution is 14.1. The number of hydrogen-bond donors (Lipinski definition) is 1. The molecule has 0 atom stereocenters. The number of halogens is 2. The molecule has 1 N–H and O–H groups in total. The molecule has 0 unspecified atom stereocenters. The molecule has 0 bridgehead atoms. The molecule has 0 aliphatic heterocycles. The first kappa shape index (κ1) is 27.6. The number of thiophene rings is 1. The number of aryl methyl sites for hydroxylation is 1. The van der Waals surface area contributed by atoms with Gasteiger partial charge in [0.2, 0.25) is 0 Å². The fourth-order valence-electron chi connectivity index (χ4n) is 5.24. The summed E-state index contributed by atoms with van der Waals surface area (Å²) in [5, 5.41) is 13.6. The minimum absolute atomic E-state index is 0.0326. The van der Waals surface area contributed by atoms with E-state index in [1.807, 2.05) is 30.5 Å². The van der Waals surface area contributed by atoms with Crippen molar-refractivity contribution in [1.82, 2.24) is 5.32 Å². The molecule has 196 valence electrons. The predicted molar refractivity (Wildman–Crippen MR) is 170 cm³/mol. The van der Waals surface area contributed by atoms with Crippen LogP contribution in [-0.2, 0) is 19.4 Å². The van der Waals surface area contributed by atoms with Crippen LogP contribution in [0.25, 0.3) is 0 Å². The van der Waals surface area contributed by atoms with E-state index in [0.29, 0.717) is 12.2 Å². The van der Waals surface area contributed by atoms with E-state index in [-0.39, 0.29) is 11.9 Å². The minimum Gasteiger partial charge on any atom is -0.487 e. The Balaban J connectivity index is 1.45. The van der Waals surface area contributed by atoms with Gasteiger partial charge in [-0.2, -0.15) is 5.26 Å². The average Bonchev–Trinajstić information content (AvgIpc) is 3.30. The predicted octanol–water partition coefficient (Wildman–Crippen LogP) is 8.10. The Morgan fingerprint density at radius 1 is 1.13 bits per heavy atom. The molecular weight excluding hydrogens is 720 g/mol. The van der Waals surface area contributed by atoms with Crippen LogP contribution in [0.5, 0.6) is 5.75 Å². The Bertz CT molecular complexity index is 1400. The van der Waals surface area contributed by atoms with Gasteiger partial charge < -0.3 is 10.1 Å². The molecule has 5 rings (SSSR count). The van der Waals surface area contributed by atoms with Gasteiger partial charge in [0.1, 0.15) is 17.4 Å². The third-order valence-corrected chi connectivity index (χ3v) is 9.81. The lowest BCUT2D eigenvalue weighted by atomic mass is 9.93. The number of carbonyl (C=O) groups is 1. The van der Waals surface area contributed by atoms with Crippen LogP contribution in [-0.4, -0.2) is 18.2 Å². The summed E-state index contributed by atoms with van der Waals surface area (Å²) in [4.78, 5) is 19.8. The number of rotatable bonds is 7. The van der Waals surface area contributed by atoms with Gasteiger partial charge in [0.25, 0.3) is 5.91 Å². The molecular formula is C30H29I2N3O2S.